The van der Waals surface area contributed by atoms with Crippen LogP contribution in [0.5, 0.6) is 0 Å². The second-order valence-corrected chi connectivity index (χ2v) is 17.5. The van der Waals surface area contributed by atoms with E-state index in [1.165, 1.54) is 25.7 Å². The van der Waals surface area contributed by atoms with Crippen molar-refractivity contribution in [2.75, 3.05) is 26.4 Å². The van der Waals surface area contributed by atoms with Gasteiger partial charge < -0.3 is 34.4 Å². The van der Waals surface area contributed by atoms with E-state index in [-0.39, 0.29) is 12.8 Å². The zero-order valence-electron chi connectivity index (χ0n) is 36.4. The highest BCUT2D eigenvalue weighted by molar-refractivity contribution is 7.47. The number of phosphoric ester groups is 2. The number of aliphatic hydroxyl groups excluding tert-OH is 2. The number of carbonyl (C=O) groups is 2. The summed E-state index contributed by atoms with van der Waals surface area (Å²) in [4.78, 5) is 52.7. The van der Waals surface area contributed by atoms with Gasteiger partial charge in [-0.3, -0.25) is 23.2 Å². The molecular weight excluding hydrogens is 814 g/mol. The zero-order valence-corrected chi connectivity index (χ0v) is 38.2. The Balaban J connectivity index is 4.59. The van der Waals surface area contributed by atoms with Crippen LogP contribution in [0.2, 0.25) is 0 Å². The number of phosphoric acid groups is 2. The summed E-state index contributed by atoms with van der Waals surface area (Å²) >= 11 is 0. The molecule has 4 atom stereocenters. The lowest BCUT2D eigenvalue weighted by atomic mass is 10.1. The maximum atomic E-state index is 12.7. The largest absolute Gasteiger partial charge is 0.472 e. The number of carbonyl (C=O) groups excluding carboxylic acids is 2. The number of hydrogen-bond donors (Lipinski definition) is 5. The van der Waals surface area contributed by atoms with Crippen LogP contribution in [-0.2, 0) is 41.8 Å². The third-order valence-electron chi connectivity index (χ3n) is 8.96. The molecule has 16 heteroatoms. The maximum Gasteiger partial charge on any atom is 0.472 e. The van der Waals surface area contributed by atoms with Gasteiger partial charge in [-0.25, -0.2) is 9.13 Å². The molecular formula is C44H78O14P2. The molecule has 0 radical (unpaired) electrons. The summed E-state index contributed by atoms with van der Waals surface area (Å²) in [5.74, 6) is -1.10. The monoisotopic (exact) mass is 892 g/mol. The van der Waals surface area contributed by atoms with Gasteiger partial charge in [0.25, 0.3) is 0 Å². The second kappa shape index (κ2) is 39.6. The van der Waals surface area contributed by atoms with Gasteiger partial charge in [0.1, 0.15) is 12.7 Å². The first kappa shape index (κ1) is 57.8. The Hall–Kier alpha value is -2.22. The summed E-state index contributed by atoms with van der Waals surface area (Å²) in [7, 11) is -9.70. The highest BCUT2D eigenvalue weighted by Crippen LogP contribution is 2.43. The quantitative estimate of drug-likeness (QED) is 0.0127. The van der Waals surface area contributed by atoms with Crippen molar-refractivity contribution in [1.82, 2.24) is 0 Å². The van der Waals surface area contributed by atoms with Crippen molar-refractivity contribution in [2.24, 2.45) is 0 Å². The smallest absolute Gasteiger partial charge is 0.462 e. The van der Waals surface area contributed by atoms with Crippen molar-refractivity contribution in [3.8, 4) is 0 Å². The Bertz CT molecular complexity index is 1310. The fourth-order valence-corrected chi connectivity index (χ4v) is 6.75. The van der Waals surface area contributed by atoms with Crippen molar-refractivity contribution in [3.63, 3.8) is 0 Å². The molecule has 14 nitrogen and oxygen atoms in total. The normalized spacial score (nSPS) is 15.1. The van der Waals surface area contributed by atoms with Crippen molar-refractivity contribution >= 4 is 27.6 Å². The average molecular weight is 893 g/mol. The number of hydrogen-bond acceptors (Lipinski definition) is 11. The molecule has 348 valence electrons. The molecule has 0 aromatic heterocycles. The van der Waals surface area contributed by atoms with Gasteiger partial charge >= 0.3 is 27.6 Å². The summed E-state index contributed by atoms with van der Waals surface area (Å²) in [6.07, 6.45) is 38.2. The van der Waals surface area contributed by atoms with Crippen LogP contribution in [0.4, 0.5) is 0 Å². The van der Waals surface area contributed by atoms with Crippen molar-refractivity contribution in [1.29, 1.82) is 0 Å². The van der Waals surface area contributed by atoms with Gasteiger partial charge in [-0.15, -0.1) is 0 Å². The number of rotatable bonds is 41. The number of ether oxygens (including phenoxy) is 2. The first-order valence-corrected chi connectivity index (χ1v) is 25.1. The molecule has 0 rings (SSSR count). The Morgan fingerprint density at radius 3 is 1.70 bits per heavy atom. The lowest BCUT2D eigenvalue weighted by molar-refractivity contribution is -0.161. The maximum absolute atomic E-state index is 12.7. The molecule has 0 aromatic carbocycles. The third-order valence-corrected chi connectivity index (χ3v) is 10.4. The van der Waals surface area contributed by atoms with Gasteiger partial charge in [0, 0.05) is 12.8 Å². The minimum Gasteiger partial charge on any atom is -0.462 e. The van der Waals surface area contributed by atoms with Crippen LogP contribution in [0.3, 0.4) is 0 Å². The van der Waals surface area contributed by atoms with E-state index in [4.69, 9.17) is 23.8 Å². The zero-order chi connectivity index (χ0) is 44.6. The number of allylic oxidation sites excluding steroid dienone is 8. The molecule has 0 aliphatic heterocycles. The molecule has 0 aliphatic rings. The average Bonchev–Trinajstić information content (AvgIpc) is 3.20. The van der Waals surface area contributed by atoms with Crippen LogP contribution in [-0.4, -0.2) is 81.6 Å². The minimum absolute atomic E-state index is 0.0809. The van der Waals surface area contributed by atoms with Crippen LogP contribution < -0.4 is 0 Å². The Morgan fingerprint density at radius 1 is 0.567 bits per heavy atom. The molecule has 2 unspecified atom stereocenters. The summed E-state index contributed by atoms with van der Waals surface area (Å²) < 4.78 is 47.7. The van der Waals surface area contributed by atoms with Gasteiger partial charge in [0.15, 0.2) is 6.10 Å². The van der Waals surface area contributed by atoms with Crippen LogP contribution in [0.15, 0.2) is 60.8 Å². The van der Waals surface area contributed by atoms with Crippen LogP contribution in [0, 0.1) is 0 Å². The van der Waals surface area contributed by atoms with Gasteiger partial charge in [-0.2, -0.15) is 0 Å². The molecule has 0 amide bonds. The van der Waals surface area contributed by atoms with Crippen molar-refractivity contribution < 1.29 is 66.7 Å². The lowest BCUT2D eigenvalue weighted by Gasteiger charge is -2.20. The summed E-state index contributed by atoms with van der Waals surface area (Å²) in [6, 6.07) is 0. The molecule has 0 saturated heterocycles. The SMILES string of the molecule is CC/C=C/CC(O)/C=C/C=C/CCCCCCCC(=O)O[C@H](COC(=O)CCCCCCCCC/C=C\C/C=C\CCCCC)COP(=O)(O)OC[C@@H](O)COP(=O)(O)O. The molecule has 0 fully saturated rings. The molecule has 0 aromatic rings. The molecule has 0 saturated carbocycles. The van der Waals surface area contributed by atoms with E-state index in [2.05, 4.69) is 46.4 Å². The fraction of sp³-hybridized carbons (Fsp3) is 0.727. The third kappa shape index (κ3) is 42.5. The number of esters is 2. The number of unbranched alkanes of at least 4 members (excludes halogenated alkanes) is 15. The molecule has 0 bridgehead atoms. The van der Waals surface area contributed by atoms with Gasteiger partial charge in [-0.1, -0.05) is 139 Å². The fourth-order valence-electron chi connectivity index (χ4n) is 5.59. The first-order chi connectivity index (χ1) is 28.8. The Kier molecular flexibility index (Phi) is 38.1. The predicted molar refractivity (Wildman–Crippen MR) is 236 cm³/mol. The van der Waals surface area contributed by atoms with Crippen LogP contribution in [0.1, 0.15) is 162 Å². The Labute approximate surface area is 360 Å². The van der Waals surface area contributed by atoms with E-state index >= 15 is 0 Å². The van der Waals surface area contributed by atoms with E-state index in [1.54, 1.807) is 6.08 Å². The summed E-state index contributed by atoms with van der Waals surface area (Å²) in [6.45, 7) is 1.47. The van der Waals surface area contributed by atoms with Crippen LogP contribution >= 0.6 is 15.6 Å². The van der Waals surface area contributed by atoms with Crippen molar-refractivity contribution in [2.45, 2.75) is 180 Å². The predicted octanol–water partition coefficient (Wildman–Crippen LogP) is 10.2. The minimum atomic E-state index is -4.87. The summed E-state index contributed by atoms with van der Waals surface area (Å²) in [5.41, 5.74) is 0. The van der Waals surface area contributed by atoms with Gasteiger partial charge in [0.05, 0.1) is 25.9 Å². The number of aliphatic hydroxyl groups is 2. The first-order valence-electron chi connectivity index (χ1n) is 22.1. The topological polar surface area (TPSA) is 216 Å². The van der Waals surface area contributed by atoms with E-state index in [1.807, 2.05) is 31.2 Å². The Morgan fingerprint density at radius 2 is 1.10 bits per heavy atom. The highest BCUT2D eigenvalue weighted by atomic mass is 31.2. The molecule has 60 heavy (non-hydrogen) atoms. The summed E-state index contributed by atoms with van der Waals surface area (Å²) in [5, 5.41) is 19.6. The molecule has 0 aliphatic carbocycles. The second-order valence-electron chi connectivity index (χ2n) is 14.8. The van der Waals surface area contributed by atoms with E-state index in [0.717, 1.165) is 89.9 Å². The van der Waals surface area contributed by atoms with Crippen molar-refractivity contribution in [3.05, 3.63) is 60.8 Å². The molecule has 5 N–H and O–H groups in total. The van der Waals surface area contributed by atoms with E-state index < -0.39 is 72.3 Å². The molecule has 0 heterocycles. The van der Waals surface area contributed by atoms with E-state index in [9.17, 15) is 33.8 Å². The van der Waals surface area contributed by atoms with Gasteiger partial charge in [-0.05, 0) is 70.6 Å². The standard InChI is InChI=1S/C44H78O14P2/c1-3-5-7-8-9-10-11-12-13-14-15-16-17-20-23-26-30-34-43(47)54-38-42(39-57-60(52,53)56-37-41(46)36-55-59(49,50)51)58-44(48)35-31-27-24-21-18-19-22-25-29-33-40(45)32-28-6-4-2/h6,9-10,12-13,22,25,28-29,33,40-42,45-46H,3-5,7-8,11,14-21,23-24,26-27,30-32,34-39H2,1-2H3,(H,52,53)(H2,49,50,51)/b10-9-,13-12-,25-22+,28-6+,33-29+/t40?,41-,42+/m0/s1. The van der Waals surface area contributed by atoms with Gasteiger partial charge in [0.2, 0.25) is 0 Å². The molecule has 0 spiro atoms. The van der Waals surface area contributed by atoms with Crippen LogP contribution in [0.25, 0.3) is 0 Å². The lowest BCUT2D eigenvalue weighted by Crippen LogP contribution is -2.30. The highest BCUT2D eigenvalue weighted by Gasteiger charge is 2.28. The van der Waals surface area contributed by atoms with E-state index in [0.29, 0.717) is 19.3 Å².